The Balaban J connectivity index is 2.98. The molecule has 0 aliphatic heterocycles. The van der Waals surface area contributed by atoms with Gasteiger partial charge in [-0.1, -0.05) is 23.4 Å². The average molecular weight is 323 g/mol. The smallest absolute Gasteiger partial charge is 0.337 e. The number of thioether (sulfide) groups is 1. The van der Waals surface area contributed by atoms with Crippen molar-refractivity contribution in [1.29, 1.82) is 0 Å². The van der Waals surface area contributed by atoms with E-state index in [2.05, 4.69) is 0 Å². The zero-order chi connectivity index (χ0) is 15.4. The zero-order valence-electron chi connectivity index (χ0n) is 10.3. The number of halogens is 2. The third kappa shape index (κ3) is 4.17. The van der Waals surface area contributed by atoms with Crippen molar-refractivity contribution in [3.63, 3.8) is 0 Å². The molecule has 3 N–H and O–H groups in total. The molecule has 0 radical (unpaired) electrons. The predicted molar refractivity (Wildman–Crippen MR) is 72.5 cm³/mol. The van der Waals surface area contributed by atoms with Crippen molar-refractivity contribution in [3.8, 4) is 0 Å². The fraction of sp³-hybridized carbons (Fsp3) is 0.333. The summed E-state index contributed by atoms with van der Waals surface area (Å²) < 4.78 is 13.7. The molecule has 20 heavy (non-hydrogen) atoms. The highest BCUT2D eigenvalue weighted by Crippen LogP contribution is 2.28. The van der Waals surface area contributed by atoms with E-state index >= 15 is 0 Å². The lowest BCUT2D eigenvalue weighted by molar-refractivity contribution is -0.109. The number of carboxylic acid groups (broad SMARTS) is 1. The number of aliphatic hydroxyl groups excluding tert-OH is 2. The molecule has 1 rings (SSSR count). The zero-order valence-corrected chi connectivity index (χ0v) is 11.9. The molecule has 0 saturated heterocycles. The molecule has 0 saturated carbocycles. The Bertz CT molecular complexity index is 537. The number of carboxylic acids is 1. The molecule has 0 aliphatic rings. The summed E-state index contributed by atoms with van der Waals surface area (Å²) in [6.07, 6.45) is -2.99. The molecule has 0 amide bonds. The van der Waals surface area contributed by atoms with Crippen LogP contribution < -0.4 is 0 Å². The van der Waals surface area contributed by atoms with Gasteiger partial charge in [-0.2, -0.15) is 0 Å². The lowest BCUT2D eigenvalue weighted by Crippen LogP contribution is -2.22. The number of benzene rings is 1. The number of carbonyl (C=O) groups is 2. The van der Waals surface area contributed by atoms with Crippen LogP contribution in [0, 0.1) is 5.82 Å². The van der Waals surface area contributed by atoms with Gasteiger partial charge in [0.2, 0.25) is 0 Å². The minimum atomic E-state index is -1.61. The van der Waals surface area contributed by atoms with Gasteiger partial charge in [0.05, 0.1) is 16.7 Å². The topological polar surface area (TPSA) is 94.8 Å². The van der Waals surface area contributed by atoms with Gasteiger partial charge in [-0.15, -0.1) is 0 Å². The number of carbonyl (C=O) groups excluding carboxylic acids is 1. The Labute approximate surface area is 123 Å². The van der Waals surface area contributed by atoms with Crippen LogP contribution in [0.1, 0.15) is 28.9 Å². The third-order valence-corrected chi connectivity index (χ3v) is 3.68. The van der Waals surface area contributed by atoms with Crippen molar-refractivity contribution >= 4 is 34.4 Å². The lowest BCUT2D eigenvalue weighted by atomic mass is 10.0. The highest BCUT2D eigenvalue weighted by Gasteiger charge is 2.24. The molecule has 110 valence electrons. The quantitative estimate of drug-likeness (QED) is 0.766. The Morgan fingerprint density at radius 3 is 2.50 bits per heavy atom. The molecular weight excluding hydrogens is 311 g/mol. The van der Waals surface area contributed by atoms with Crippen LogP contribution in [0.3, 0.4) is 0 Å². The summed E-state index contributed by atoms with van der Waals surface area (Å²) in [5, 5.41) is 27.7. The minimum absolute atomic E-state index is 0.117. The van der Waals surface area contributed by atoms with Gasteiger partial charge in [-0.25, -0.2) is 9.18 Å². The van der Waals surface area contributed by atoms with Gasteiger partial charge >= 0.3 is 5.97 Å². The molecule has 0 fully saturated rings. The molecule has 8 heteroatoms. The highest BCUT2D eigenvalue weighted by molar-refractivity contribution is 8.13. The summed E-state index contributed by atoms with van der Waals surface area (Å²) in [7, 11) is 0. The molecule has 0 bridgehead atoms. The molecule has 0 aromatic heterocycles. The van der Waals surface area contributed by atoms with Gasteiger partial charge in [0, 0.05) is 18.2 Å². The second-order valence-corrected chi connectivity index (χ2v) is 5.58. The Hall–Kier alpha value is -1.15. The van der Waals surface area contributed by atoms with Crippen LogP contribution in [-0.4, -0.2) is 38.3 Å². The molecule has 1 aromatic carbocycles. The first-order chi connectivity index (χ1) is 9.23. The van der Waals surface area contributed by atoms with E-state index < -0.39 is 29.6 Å². The first-order valence-electron chi connectivity index (χ1n) is 5.45. The maximum atomic E-state index is 13.7. The molecule has 1 aromatic rings. The number of aromatic carboxylic acids is 1. The van der Waals surface area contributed by atoms with E-state index in [0.717, 1.165) is 17.8 Å². The van der Waals surface area contributed by atoms with Gasteiger partial charge in [0.15, 0.2) is 5.12 Å². The Morgan fingerprint density at radius 1 is 1.40 bits per heavy atom. The molecule has 0 spiro atoms. The fourth-order valence-corrected chi connectivity index (χ4v) is 2.29. The average Bonchev–Trinajstić information content (AvgIpc) is 2.36. The Kier molecular flexibility index (Phi) is 5.94. The third-order valence-electron chi connectivity index (χ3n) is 2.46. The van der Waals surface area contributed by atoms with E-state index in [0.29, 0.717) is 6.07 Å². The van der Waals surface area contributed by atoms with Crippen molar-refractivity contribution < 1.29 is 29.3 Å². The second-order valence-electron chi connectivity index (χ2n) is 3.97. The van der Waals surface area contributed by atoms with E-state index in [1.54, 1.807) is 0 Å². The van der Waals surface area contributed by atoms with Crippen molar-refractivity contribution in [1.82, 2.24) is 0 Å². The summed E-state index contributed by atoms with van der Waals surface area (Å²) in [6, 6.07) is 1.63. The van der Waals surface area contributed by atoms with Gasteiger partial charge in [0.1, 0.15) is 11.9 Å². The van der Waals surface area contributed by atoms with Crippen LogP contribution in [-0.2, 0) is 4.79 Å². The largest absolute Gasteiger partial charge is 0.478 e. The molecule has 2 atom stereocenters. The van der Waals surface area contributed by atoms with Crippen molar-refractivity contribution in [2.24, 2.45) is 0 Å². The summed E-state index contributed by atoms with van der Waals surface area (Å²) in [6.45, 7) is 1.29. The molecule has 0 heterocycles. The normalized spacial score (nSPS) is 13.8. The summed E-state index contributed by atoms with van der Waals surface area (Å²) in [5.41, 5.74) is -0.760. The fourth-order valence-electron chi connectivity index (χ4n) is 1.45. The molecule has 0 aliphatic carbocycles. The first kappa shape index (κ1) is 16.9. The lowest BCUT2D eigenvalue weighted by Gasteiger charge is -2.18. The van der Waals surface area contributed by atoms with E-state index in [-0.39, 0.29) is 21.5 Å². The van der Waals surface area contributed by atoms with E-state index in [1.807, 2.05) is 0 Å². The second kappa shape index (κ2) is 7.03. The predicted octanol–water partition coefficient (Wildman–Crippen LogP) is 1.85. The van der Waals surface area contributed by atoms with Crippen LogP contribution in [0.2, 0.25) is 5.02 Å². The number of aliphatic hydroxyl groups is 2. The minimum Gasteiger partial charge on any atom is -0.478 e. The van der Waals surface area contributed by atoms with Gasteiger partial charge in [-0.05, 0) is 12.1 Å². The summed E-state index contributed by atoms with van der Waals surface area (Å²) >= 11 is 6.46. The maximum absolute atomic E-state index is 13.7. The maximum Gasteiger partial charge on any atom is 0.337 e. The summed E-state index contributed by atoms with van der Waals surface area (Å²) in [5.74, 6) is -2.51. The van der Waals surface area contributed by atoms with Crippen molar-refractivity contribution in [2.75, 3.05) is 5.75 Å². The SMILES string of the molecule is CC(=O)SCC(O)C(O)c1cc(Cl)c(C(=O)O)cc1F. The number of hydrogen-bond donors (Lipinski definition) is 3. The molecule has 2 unspecified atom stereocenters. The number of rotatable bonds is 5. The number of hydrogen-bond acceptors (Lipinski definition) is 5. The Morgan fingerprint density at radius 2 is 2.00 bits per heavy atom. The van der Waals surface area contributed by atoms with Gasteiger partial charge < -0.3 is 15.3 Å². The standard InChI is InChI=1S/C12H12ClFO5S/c1-5(15)20-4-10(16)11(17)7-2-8(13)6(12(18)19)3-9(7)14/h2-3,10-11,16-17H,4H2,1H3,(H,18,19). The van der Waals surface area contributed by atoms with Crippen LogP contribution in [0.25, 0.3) is 0 Å². The van der Waals surface area contributed by atoms with E-state index in [1.165, 1.54) is 6.92 Å². The van der Waals surface area contributed by atoms with Crippen LogP contribution in [0.4, 0.5) is 4.39 Å². The van der Waals surface area contributed by atoms with Gasteiger partial charge in [-0.3, -0.25) is 4.79 Å². The highest BCUT2D eigenvalue weighted by atomic mass is 35.5. The monoisotopic (exact) mass is 322 g/mol. The van der Waals surface area contributed by atoms with E-state index in [9.17, 15) is 24.2 Å². The van der Waals surface area contributed by atoms with E-state index in [4.69, 9.17) is 16.7 Å². The summed E-state index contributed by atoms with van der Waals surface area (Å²) in [4.78, 5) is 21.5. The van der Waals surface area contributed by atoms with Crippen molar-refractivity contribution in [2.45, 2.75) is 19.1 Å². The van der Waals surface area contributed by atoms with Crippen LogP contribution in [0.5, 0.6) is 0 Å². The van der Waals surface area contributed by atoms with Gasteiger partial charge in [0.25, 0.3) is 0 Å². The molecular formula is C12H12ClFO5S. The molecule has 5 nitrogen and oxygen atoms in total. The van der Waals surface area contributed by atoms with Crippen molar-refractivity contribution in [3.05, 3.63) is 34.1 Å². The van der Waals surface area contributed by atoms with Crippen LogP contribution in [0.15, 0.2) is 12.1 Å². The van der Waals surface area contributed by atoms with Crippen LogP contribution >= 0.6 is 23.4 Å². The first-order valence-corrected chi connectivity index (χ1v) is 6.82.